The van der Waals surface area contributed by atoms with Crippen LogP contribution in [0.3, 0.4) is 0 Å². The number of rotatable bonds is 22. The molecule has 0 bridgehead atoms. The highest BCUT2D eigenvalue weighted by Crippen LogP contribution is 2.30. The fourth-order valence-electron chi connectivity index (χ4n) is 8.18. The molecule has 0 spiro atoms. The van der Waals surface area contributed by atoms with Gasteiger partial charge in [-0.1, -0.05) is 93.9 Å². The number of likely N-dealkylation sites (N-methyl/N-ethyl adjacent to an activating group) is 2. The van der Waals surface area contributed by atoms with Gasteiger partial charge in [0.05, 0.1) is 49.8 Å². The lowest BCUT2D eigenvalue weighted by Crippen LogP contribution is -2.60. The molecule has 2 aliphatic rings. The van der Waals surface area contributed by atoms with Gasteiger partial charge in [-0.05, 0) is 62.6 Å². The number of hydrogen-bond acceptors (Lipinski definition) is 9. The van der Waals surface area contributed by atoms with E-state index in [0.29, 0.717) is 25.9 Å². The van der Waals surface area contributed by atoms with Crippen LogP contribution in [0.15, 0.2) is 23.8 Å². The molecule has 8 unspecified atom stereocenters. The molecule has 0 aromatic carbocycles. The SMILES string of the molecule is CC.CCC(C)C(C(CC(=O)N1CCCC1C(OC)C(C)C(=O)NC(CC1=CCCC=C1)C(=O)OC)OC)N(C)C(=O)[C@@H](NC(=O)C(C(C)C)N(C)CC)C(C)C. The summed E-state index contributed by atoms with van der Waals surface area (Å²) in [7, 11) is 8.04. The molecule has 13 heteroatoms. The summed E-state index contributed by atoms with van der Waals surface area (Å²) in [6.07, 6.45) is 9.07. The molecule has 9 atom stereocenters. The number of nitrogens with zero attached hydrogens (tertiary/aromatic N) is 3. The third kappa shape index (κ3) is 14.5. The number of carbonyl (C=O) groups excluding carboxylic acids is 5. The van der Waals surface area contributed by atoms with Crippen molar-refractivity contribution in [1.82, 2.24) is 25.3 Å². The molecule has 0 radical (unpaired) electrons. The van der Waals surface area contributed by atoms with E-state index in [9.17, 15) is 24.0 Å². The van der Waals surface area contributed by atoms with Gasteiger partial charge in [-0.25, -0.2) is 4.79 Å². The molecule has 4 amide bonds. The van der Waals surface area contributed by atoms with Crippen LogP contribution in [0.25, 0.3) is 0 Å². The summed E-state index contributed by atoms with van der Waals surface area (Å²) >= 11 is 0. The Hall–Kier alpha value is -3.29. The van der Waals surface area contributed by atoms with Gasteiger partial charge in [-0.15, -0.1) is 0 Å². The van der Waals surface area contributed by atoms with Gasteiger partial charge in [0, 0.05) is 34.2 Å². The van der Waals surface area contributed by atoms with E-state index >= 15 is 0 Å². The number of allylic oxidation sites excluding steroid dienone is 3. The first-order valence-corrected chi connectivity index (χ1v) is 21.3. The van der Waals surface area contributed by atoms with E-state index in [1.807, 2.05) is 86.4 Å². The van der Waals surface area contributed by atoms with Crippen molar-refractivity contribution in [2.24, 2.45) is 23.7 Å². The van der Waals surface area contributed by atoms with E-state index < -0.39 is 42.2 Å². The van der Waals surface area contributed by atoms with E-state index in [-0.39, 0.29) is 59.9 Å². The largest absolute Gasteiger partial charge is 0.467 e. The Morgan fingerprint density at radius 3 is 2.04 bits per heavy atom. The van der Waals surface area contributed by atoms with Crippen LogP contribution in [0.4, 0.5) is 0 Å². The zero-order valence-electron chi connectivity index (χ0n) is 38.1. The first kappa shape index (κ1) is 51.7. The third-order valence-electron chi connectivity index (χ3n) is 11.7. The van der Waals surface area contributed by atoms with Crippen molar-refractivity contribution in [3.05, 3.63) is 23.8 Å². The number of hydrogen-bond donors (Lipinski definition) is 2. The van der Waals surface area contributed by atoms with Crippen molar-refractivity contribution in [1.29, 1.82) is 0 Å². The summed E-state index contributed by atoms with van der Waals surface area (Å²) in [5, 5.41) is 5.95. The maximum absolute atomic E-state index is 14.3. The molecule has 1 fully saturated rings. The minimum Gasteiger partial charge on any atom is -0.467 e. The molecular weight excluding hydrogens is 727 g/mol. The zero-order valence-corrected chi connectivity index (χ0v) is 38.1. The average molecular weight is 806 g/mol. The third-order valence-corrected chi connectivity index (χ3v) is 11.7. The minimum absolute atomic E-state index is 0.0130. The molecule has 0 aromatic rings. The molecule has 1 aliphatic carbocycles. The monoisotopic (exact) mass is 806 g/mol. The number of esters is 1. The highest BCUT2D eigenvalue weighted by Gasteiger charge is 2.43. The molecule has 1 saturated heterocycles. The first-order chi connectivity index (χ1) is 27.0. The predicted molar refractivity (Wildman–Crippen MR) is 226 cm³/mol. The summed E-state index contributed by atoms with van der Waals surface area (Å²) in [6.45, 7) is 20.9. The summed E-state index contributed by atoms with van der Waals surface area (Å²) in [4.78, 5) is 73.9. The lowest BCUT2D eigenvalue weighted by molar-refractivity contribution is -0.149. The molecule has 13 nitrogen and oxygen atoms in total. The number of ether oxygens (including phenoxy) is 3. The molecule has 2 rings (SSSR count). The number of methoxy groups -OCH3 is 3. The fraction of sp³-hybridized carbons (Fsp3) is 0.795. The Labute approximate surface area is 345 Å². The van der Waals surface area contributed by atoms with Crippen molar-refractivity contribution >= 4 is 29.6 Å². The van der Waals surface area contributed by atoms with Crippen LogP contribution >= 0.6 is 0 Å². The van der Waals surface area contributed by atoms with Crippen molar-refractivity contribution in [3.8, 4) is 0 Å². The van der Waals surface area contributed by atoms with E-state index in [4.69, 9.17) is 14.2 Å². The highest BCUT2D eigenvalue weighted by atomic mass is 16.5. The molecule has 0 aromatic heterocycles. The second kappa shape index (κ2) is 25.9. The lowest BCUT2D eigenvalue weighted by atomic mass is 9.89. The molecule has 0 saturated carbocycles. The Balaban J connectivity index is 0.00000799. The van der Waals surface area contributed by atoms with Crippen LogP contribution in [0.5, 0.6) is 0 Å². The minimum atomic E-state index is -0.856. The molecular formula is C44H79N5O8. The quantitative estimate of drug-likeness (QED) is 0.138. The smallest absolute Gasteiger partial charge is 0.328 e. The van der Waals surface area contributed by atoms with Gasteiger partial charge in [-0.2, -0.15) is 0 Å². The van der Waals surface area contributed by atoms with Crippen LogP contribution in [0.2, 0.25) is 0 Å². The molecule has 2 N–H and O–H groups in total. The summed E-state index contributed by atoms with van der Waals surface area (Å²) in [5.74, 6) is -2.31. The Bertz CT molecular complexity index is 1340. The van der Waals surface area contributed by atoms with Crippen molar-refractivity contribution in [2.45, 2.75) is 157 Å². The molecule has 328 valence electrons. The number of carbonyl (C=O) groups is 5. The lowest BCUT2D eigenvalue weighted by Gasteiger charge is -2.41. The van der Waals surface area contributed by atoms with E-state index in [1.54, 1.807) is 30.9 Å². The van der Waals surface area contributed by atoms with Gasteiger partial charge in [-0.3, -0.25) is 24.1 Å². The number of amides is 4. The summed E-state index contributed by atoms with van der Waals surface area (Å²) in [5.41, 5.74) is 0.963. The van der Waals surface area contributed by atoms with Crippen molar-refractivity contribution in [3.63, 3.8) is 0 Å². The fourth-order valence-corrected chi connectivity index (χ4v) is 8.18. The Morgan fingerprint density at radius 1 is 0.895 bits per heavy atom. The second-order valence-electron chi connectivity index (χ2n) is 16.1. The van der Waals surface area contributed by atoms with Crippen molar-refractivity contribution < 1.29 is 38.2 Å². The zero-order chi connectivity index (χ0) is 43.6. The highest BCUT2D eigenvalue weighted by molar-refractivity contribution is 5.90. The maximum Gasteiger partial charge on any atom is 0.328 e. The predicted octanol–water partition coefficient (Wildman–Crippen LogP) is 5.37. The summed E-state index contributed by atoms with van der Waals surface area (Å²) in [6, 6.07) is -2.85. The van der Waals surface area contributed by atoms with Gasteiger partial charge in [0.1, 0.15) is 12.1 Å². The van der Waals surface area contributed by atoms with Gasteiger partial charge in [0.25, 0.3) is 0 Å². The topological polar surface area (TPSA) is 147 Å². The van der Waals surface area contributed by atoms with Crippen LogP contribution < -0.4 is 10.6 Å². The van der Waals surface area contributed by atoms with Gasteiger partial charge in [0.2, 0.25) is 23.6 Å². The Morgan fingerprint density at radius 2 is 1.54 bits per heavy atom. The number of nitrogens with one attached hydrogen (secondary N) is 2. The van der Waals surface area contributed by atoms with E-state index in [0.717, 1.165) is 31.3 Å². The van der Waals surface area contributed by atoms with Crippen LogP contribution in [0.1, 0.15) is 114 Å². The van der Waals surface area contributed by atoms with Gasteiger partial charge < -0.3 is 34.6 Å². The first-order valence-electron chi connectivity index (χ1n) is 21.3. The average Bonchev–Trinajstić information content (AvgIpc) is 3.69. The normalized spacial score (nSPS) is 19.6. The summed E-state index contributed by atoms with van der Waals surface area (Å²) < 4.78 is 17.0. The number of likely N-dealkylation sites (tertiary alicyclic amines) is 1. The van der Waals surface area contributed by atoms with E-state index in [1.165, 1.54) is 14.2 Å². The Kier molecular flexibility index (Phi) is 23.5. The molecule has 57 heavy (non-hydrogen) atoms. The van der Waals surface area contributed by atoms with Crippen LogP contribution in [-0.4, -0.2) is 135 Å². The van der Waals surface area contributed by atoms with E-state index in [2.05, 4.69) is 16.7 Å². The molecule has 1 aliphatic heterocycles. The van der Waals surface area contributed by atoms with Gasteiger partial charge in [0.15, 0.2) is 0 Å². The standard InChI is InChI=1S/C42H73N5O8.C2H6/c1-14-28(7)37(46(10)41(51)35(26(3)4)44-40(50)36(27(5)6)45(9)15-2)33(53-11)25-34(48)47-23-19-22-32(47)38(54-12)29(8)39(49)43-31(42(52)55-13)24-30-20-17-16-18-21-30;1-2/h17,20-21,26-29,31-33,35-38H,14-16,18-19,22-25H2,1-13H3,(H,43,49)(H,44,50);1-2H3/t28?,29?,31?,32?,33?,35-,36?,37?,38?;/m0./s1. The van der Waals surface area contributed by atoms with Gasteiger partial charge >= 0.3 is 5.97 Å². The second-order valence-corrected chi connectivity index (χ2v) is 16.1. The van der Waals surface area contributed by atoms with Crippen molar-refractivity contribution in [2.75, 3.05) is 48.5 Å². The maximum atomic E-state index is 14.3. The molecule has 1 heterocycles. The van der Waals surface area contributed by atoms with Crippen LogP contribution in [0, 0.1) is 23.7 Å². The van der Waals surface area contributed by atoms with Crippen LogP contribution in [-0.2, 0) is 38.2 Å².